The largest absolute Gasteiger partial charge is 0.465 e. The van der Waals surface area contributed by atoms with Crippen molar-refractivity contribution in [3.05, 3.63) is 129 Å². The number of nitrogens with zero attached hydrogens (tertiary/aromatic N) is 4. The van der Waals surface area contributed by atoms with Crippen molar-refractivity contribution in [2.24, 2.45) is 5.73 Å². The van der Waals surface area contributed by atoms with E-state index in [2.05, 4.69) is 4.74 Å². The van der Waals surface area contributed by atoms with Crippen LogP contribution in [0.25, 0.3) is 0 Å². The number of nitrogens with two attached hydrogens (primary N) is 1. The molecule has 6 rings (SSSR count). The van der Waals surface area contributed by atoms with E-state index in [4.69, 9.17) is 38.4 Å². The van der Waals surface area contributed by atoms with Crippen molar-refractivity contribution in [3.63, 3.8) is 0 Å². The zero-order valence-corrected chi connectivity index (χ0v) is 32.1. The third-order valence-electron chi connectivity index (χ3n) is 8.96. The molecule has 2 aliphatic rings. The van der Waals surface area contributed by atoms with Gasteiger partial charge in [-0.3, -0.25) is 14.6 Å². The Morgan fingerprint density at radius 2 is 1.11 bits per heavy atom. The fraction of sp³-hybridized carbons (Fsp3) is 0.300. The number of esters is 1. The van der Waals surface area contributed by atoms with E-state index in [0.717, 1.165) is 12.1 Å². The molecule has 4 aromatic carbocycles. The molecule has 0 aliphatic carbocycles. The highest BCUT2D eigenvalue weighted by atomic mass is 35.5. The van der Waals surface area contributed by atoms with E-state index in [9.17, 15) is 28.0 Å². The van der Waals surface area contributed by atoms with Gasteiger partial charge in [0.25, 0.3) is 0 Å². The Bertz CT molecular complexity index is 1890. The minimum absolute atomic E-state index is 0.000534. The molecule has 2 saturated heterocycles. The average Bonchev–Trinajstić information content (AvgIpc) is 3.22. The molecular weight excluding hydrogens is 771 g/mol. The van der Waals surface area contributed by atoms with Crippen molar-refractivity contribution in [1.82, 2.24) is 9.80 Å². The summed E-state index contributed by atoms with van der Waals surface area (Å²) >= 11 is 12.2. The topological polar surface area (TPSA) is 135 Å². The van der Waals surface area contributed by atoms with Gasteiger partial charge in [0.1, 0.15) is 11.6 Å². The first kappa shape index (κ1) is 42.0. The number of methoxy groups -OCH3 is 1. The second kappa shape index (κ2) is 20.2. The van der Waals surface area contributed by atoms with E-state index in [1.807, 2.05) is 0 Å². The van der Waals surface area contributed by atoms with Gasteiger partial charge in [-0.1, -0.05) is 53.5 Å². The van der Waals surface area contributed by atoms with E-state index in [0.29, 0.717) is 74.0 Å². The van der Waals surface area contributed by atoms with E-state index < -0.39 is 17.6 Å². The van der Waals surface area contributed by atoms with Gasteiger partial charge < -0.3 is 29.7 Å². The zero-order chi connectivity index (χ0) is 40.2. The lowest BCUT2D eigenvalue weighted by atomic mass is 10.1. The maximum absolute atomic E-state index is 14.6. The second-order valence-corrected chi connectivity index (χ2v) is 13.5. The second-order valence-electron chi connectivity index (χ2n) is 12.6. The molecule has 2 aliphatic heterocycles. The molecule has 4 aromatic rings. The number of benzene rings is 4. The van der Waals surface area contributed by atoms with Gasteiger partial charge in [-0.05, 0) is 54.6 Å². The first-order valence-corrected chi connectivity index (χ1v) is 18.4. The molecule has 4 amide bonds. The molecule has 0 aromatic heterocycles. The van der Waals surface area contributed by atoms with Crippen molar-refractivity contribution >= 4 is 58.4 Å². The summed E-state index contributed by atoms with van der Waals surface area (Å²) in [6.45, 7) is 3.46. The molecular formula is C40H41Cl2F2N5O7. The molecule has 296 valence electrons. The molecule has 2 N–H and O–H groups in total. The number of halogens is 4. The molecule has 0 saturated carbocycles. The number of Topliss-reactive ketones (excluding diaryl/α,β-unsaturated/α-hetero) is 1. The van der Waals surface area contributed by atoms with Crippen LogP contribution in [0.1, 0.15) is 31.8 Å². The van der Waals surface area contributed by atoms with Crippen LogP contribution in [0, 0.1) is 11.6 Å². The molecule has 16 heteroatoms. The summed E-state index contributed by atoms with van der Waals surface area (Å²) in [4.78, 5) is 55.7. The zero-order valence-electron chi connectivity index (χ0n) is 30.6. The van der Waals surface area contributed by atoms with Crippen LogP contribution in [0.3, 0.4) is 0 Å². The molecule has 0 bridgehead atoms. The van der Waals surface area contributed by atoms with Gasteiger partial charge >= 0.3 is 18.0 Å². The third-order valence-corrected chi connectivity index (χ3v) is 9.43. The highest BCUT2D eigenvalue weighted by molar-refractivity contribution is 6.31. The van der Waals surface area contributed by atoms with E-state index in [1.54, 1.807) is 58.3 Å². The Kier molecular flexibility index (Phi) is 15.1. The lowest BCUT2D eigenvalue weighted by molar-refractivity contribution is 0.0548. The Hall–Kier alpha value is -5.12. The van der Waals surface area contributed by atoms with Crippen LogP contribution in [0.15, 0.2) is 84.9 Å². The SMILES string of the molecule is COC(=O)c1ccc(CN(C(=O)N2CCOCC2)c2cccc(Cl)c2)c(F)c1.NCC(=O)c1ccc(CN(C(=O)N2CCOCC2)c2cccc(Cl)c2)c(F)c1. The van der Waals surface area contributed by atoms with Crippen LogP contribution in [0.2, 0.25) is 10.0 Å². The Labute approximate surface area is 333 Å². The molecule has 0 unspecified atom stereocenters. The van der Waals surface area contributed by atoms with Gasteiger partial charge in [-0.2, -0.15) is 0 Å². The number of urea groups is 2. The summed E-state index contributed by atoms with van der Waals surface area (Å²) in [6, 6.07) is 21.4. The predicted octanol–water partition coefficient (Wildman–Crippen LogP) is 6.80. The minimum Gasteiger partial charge on any atom is -0.465 e. The van der Waals surface area contributed by atoms with Gasteiger partial charge in [0.05, 0.1) is 58.7 Å². The van der Waals surface area contributed by atoms with Crippen LogP contribution >= 0.6 is 23.2 Å². The quantitative estimate of drug-likeness (QED) is 0.144. The molecule has 0 radical (unpaired) electrons. The van der Waals surface area contributed by atoms with Crippen molar-refractivity contribution in [1.29, 1.82) is 0 Å². The lowest BCUT2D eigenvalue weighted by Crippen LogP contribution is -2.48. The summed E-state index contributed by atoms with van der Waals surface area (Å²) in [5.41, 5.74) is 7.32. The average molecular weight is 813 g/mol. The van der Waals surface area contributed by atoms with Gasteiger partial charge in [0.15, 0.2) is 5.78 Å². The number of hydrogen-bond donors (Lipinski definition) is 1. The van der Waals surface area contributed by atoms with Crippen LogP contribution < -0.4 is 15.5 Å². The summed E-state index contributed by atoms with van der Waals surface area (Å²) in [6.07, 6.45) is 0. The van der Waals surface area contributed by atoms with E-state index in [1.165, 1.54) is 41.2 Å². The van der Waals surface area contributed by atoms with Gasteiger partial charge in [-0.25, -0.2) is 23.2 Å². The maximum atomic E-state index is 14.6. The van der Waals surface area contributed by atoms with Crippen molar-refractivity contribution < 1.29 is 42.2 Å². The normalized spacial score (nSPS) is 14.0. The summed E-state index contributed by atoms with van der Waals surface area (Å²) in [5.74, 6) is -2.13. The maximum Gasteiger partial charge on any atom is 0.337 e. The molecule has 0 spiro atoms. The first-order chi connectivity index (χ1) is 27.0. The Morgan fingerprint density at radius 3 is 1.50 bits per heavy atom. The number of hydrogen-bond acceptors (Lipinski definition) is 8. The lowest BCUT2D eigenvalue weighted by Gasteiger charge is -2.33. The number of carbonyl (C=O) groups excluding carboxylic acids is 4. The fourth-order valence-corrected chi connectivity index (χ4v) is 6.27. The molecule has 12 nitrogen and oxygen atoms in total. The number of rotatable bonds is 9. The van der Waals surface area contributed by atoms with Gasteiger partial charge in [0, 0.05) is 64.3 Å². The smallest absolute Gasteiger partial charge is 0.337 e. The first-order valence-electron chi connectivity index (χ1n) is 17.7. The minimum atomic E-state index is -0.624. The molecule has 56 heavy (non-hydrogen) atoms. The van der Waals surface area contributed by atoms with Crippen LogP contribution in [0.4, 0.5) is 29.7 Å². The number of ketones is 1. The fourth-order valence-electron chi connectivity index (χ4n) is 5.91. The molecule has 2 fully saturated rings. The van der Waals surface area contributed by atoms with Crippen molar-refractivity contribution in [3.8, 4) is 0 Å². The summed E-state index contributed by atoms with van der Waals surface area (Å²) in [7, 11) is 1.23. The van der Waals surface area contributed by atoms with E-state index in [-0.39, 0.29) is 59.7 Å². The highest BCUT2D eigenvalue weighted by Gasteiger charge is 2.27. The van der Waals surface area contributed by atoms with Crippen LogP contribution in [-0.2, 0) is 27.3 Å². The van der Waals surface area contributed by atoms with Crippen LogP contribution in [0.5, 0.6) is 0 Å². The Balaban J connectivity index is 0.000000214. The standard InChI is InChI=1S/C20H21ClFN3O3.C20H20ClFN2O4/c21-16-2-1-3-17(11-16)25(20(27)24-6-8-28-9-7-24)13-15-5-4-14(10-18(15)22)19(26)12-23;1-27-19(25)14-5-6-15(18(22)11-14)13-24(17-4-2-3-16(21)12-17)20(26)23-7-9-28-10-8-23/h1-5,10-11H,6-9,12-13,23H2;2-6,11-12H,7-10,13H2,1H3. The van der Waals surface area contributed by atoms with E-state index >= 15 is 0 Å². The van der Waals surface area contributed by atoms with Crippen molar-refractivity contribution in [2.45, 2.75) is 13.1 Å². The number of amides is 4. The molecule has 2 heterocycles. The number of ether oxygens (including phenoxy) is 3. The number of carbonyl (C=O) groups is 4. The third kappa shape index (κ3) is 11.0. The summed E-state index contributed by atoms with van der Waals surface area (Å²) < 4.78 is 44.4. The Morgan fingerprint density at radius 1 is 0.679 bits per heavy atom. The monoisotopic (exact) mass is 811 g/mol. The molecule has 0 atom stereocenters. The highest BCUT2D eigenvalue weighted by Crippen LogP contribution is 2.26. The number of morpholine rings is 2. The number of anilines is 2. The van der Waals surface area contributed by atoms with Gasteiger partial charge in [0.2, 0.25) is 0 Å². The predicted molar refractivity (Wildman–Crippen MR) is 208 cm³/mol. The van der Waals surface area contributed by atoms with Crippen LogP contribution in [-0.4, -0.2) is 99.9 Å². The van der Waals surface area contributed by atoms with Crippen molar-refractivity contribution in [2.75, 3.05) is 76.1 Å². The summed E-state index contributed by atoms with van der Waals surface area (Å²) in [5, 5.41) is 0.945. The van der Waals surface area contributed by atoms with Gasteiger partial charge in [-0.15, -0.1) is 0 Å².